The van der Waals surface area contributed by atoms with Crippen molar-refractivity contribution in [3.63, 3.8) is 0 Å². The topological polar surface area (TPSA) is 43.8 Å². The number of hydrogen-bond donors (Lipinski definition) is 1. The molecule has 0 bridgehead atoms. The summed E-state index contributed by atoms with van der Waals surface area (Å²) in [7, 11) is 0. The normalized spacial score (nSPS) is 22.2. The van der Waals surface area contributed by atoms with Crippen LogP contribution in [0.3, 0.4) is 0 Å². The smallest absolute Gasteiger partial charge is 0.0749 e. The van der Waals surface area contributed by atoms with Crippen molar-refractivity contribution in [1.29, 1.82) is 0 Å². The van der Waals surface area contributed by atoms with E-state index in [1.165, 1.54) is 12.8 Å². The van der Waals surface area contributed by atoms with Crippen LogP contribution in [0, 0.1) is 5.92 Å². The van der Waals surface area contributed by atoms with E-state index in [-0.39, 0.29) is 5.54 Å². The Balaban J connectivity index is 2.27. The van der Waals surface area contributed by atoms with Crippen LogP contribution in [-0.4, -0.2) is 16.3 Å². The molecule has 12 heavy (non-hydrogen) atoms. The van der Waals surface area contributed by atoms with E-state index in [9.17, 15) is 0 Å². The molecule has 1 aromatic heterocycles. The van der Waals surface area contributed by atoms with Gasteiger partial charge in [-0.3, -0.25) is 4.68 Å². The first-order valence-corrected chi connectivity index (χ1v) is 4.47. The predicted octanol–water partition coefficient (Wildman–Crippen LogP) is 0.967. The van der Waals surface area contributed by atoms with Gasteiger partial charge in [0.05, 0.1) is 5.54 Å². The fraction of sp³-hybridized carbons (Fsp3) is 0.667. The molecule has 1 aromatic rings. The quantitative estimate of drug-likeness (QED) is 0.725. The van der Waals surface area contributed by atoms with Crippen LogP contribution >= 0.6 is 0 Å². The van der Waals surface area contributed by atoms with Gasteiger partial charge in [-0.05, 0) is 31.7 Å². The van der Waals surface area contributed by atoms with Crippen molar-refractivity contribution >= 4 is 0 Å². The Morgan fingerprint density at radius 1 is 1.67 bits per heavy atom. The summed E-state index contributed by atoms with van der Waals surface area (Å²) in [6.07, 6.45) is 6.42. The minimum absolute atomic E-state index is 0.0590. The van der Waals surface area contributed by atoms with Crippen LogP contribution < -0.4 is 5.73 Å². The minimum Gasteiger partial charge on any atom is -0.328 e. The van der Waals surface area contributed by atoms with Crippen LogP contribution in [0.15, 0.2) is 18.5 Å². The lowest BCUT2D eigenvalue weighted by atomic mass is 9.96. The molecule has 0 radical (unpaired) electrons. The fourth-order valence-electron chi connectivity index (χ4n) is 1.72. The molecular formula is C9H15N3. The molecule has 1 aliphatic carbocycles. The van der Waals surface area contributed by atoms with Crippen molar-refractivity contribution in [2.24, 2.45) is 11.7 Å². The average Bonchev–Trinajstić information content (AvgIpc) is 2.80. The van der Waals surface area contributed by atoms with Gasteiger partial charge in [0.15, 0.2) is 0 Å². The molecule has 0 aromatic carbocycles. The van der Waals surface area contributed by atoms with E-state index in [0.29, 0.717) is 6.54 Å². The lowest BCUT2D eigenvalue weighted by Gasteiger charge is -2.28. The number of nitrogens with two attached hydrogens (primary N) is 1. The third kappa shape index (κ3) is 1.05. The highest BCUT2D eigenvalue weighted by atomic mass is 15.3. The van der Waals surface area contributed by atoms with Gasteiger partial charge in [0.2, 0.25) is 0 Å². The van der Waals surface area contributed by atoms with Crippen LogP contribution in [0.1, 0.15) is 19.8 Å². The van der Waals surface area contributed by atoms with Crippen molar-refractivity contribution in [3.8, 4) is 0 Å². The van der Waals surface area contributed by atoms with Gasteiger partial charge < -0.3 is 5.73 Å². The van der Waals surface area contributed by atoms with Crippen LogP contribution in [-0.2, 0) is 5.54 Å². The van der Waals surface area contributed by atoms with Gasteiger partial charge in [-0.25, -0.2) is 0 Å². The number of hydrogen-bond acceptors (Lipinski definition) is 2. The molecule has 1 fully saturated rings. The molecule has 2 rings (SSSR count). The summed E-state index contributed by atoms with van der Waals surface area (Å²) in [5.41, 5.74) is 5.84. The molecule has 0 saturated heterocycles. The van der Waals surface area contributed by atoms with E-state index < -0.39 is 0 Å². The SMILES string of the molecule is CC(CN)(C1CC1)n1cccn1. The van der Waals surface area contributed by atoms with Crippen molar-refractivity contribution in [2.45, 2.75) is 25.3 Å². The van der Waals surface area contributed by atoms with Crippen molar-refractivity contribution in [3.05, 3.63) is 18.5 Å². The van der Waals surface area contributed by atoms with Gasteiger partial charge >= 0.3 is 0 Å². The van der Waals surface area contributed by atoms with Gasteiger partial charge in [0.1, 0.15) is 0 Å². The second-order valence-corrected chi connectivity index (χ2v) is 3.79. The number of rotatable bonds is 3. The summed E-state index contributed by atoms with van der Waals surface area (Å²) >= 11 is 0. The Hall–Kier alpha value is -0.830. The second kappa shape index (κ2) is 2.59. The summed E-state index contributed by atoms with van der Waals surface area (Å²) < 4.78 is 2.00. The molecular weight excluding hydrogens is 150 g/mol. The summed E-state index contributed by atoms with van der Waals surface area (Å²) in [5, 5.41) is 4.26. The van der Waals surface area contributed by atoms with E-state index in [4.69, 9.17) is 5.73 Å². The first-order chi connectivity index (χ1) is 5.77. The molecule has 0 aliphatic heterocycles. The van der Waals surface area contributed by atoms with E-state index in [1.54, 1.807) is 0 Å². The molecule has 0 amide bonds. The molecule has 66 valence electrons. The summed E-state index contributed by atoms with van der Waals surface area (Å²) in [5.74, 6) is 0.738. The molecule has 1 saturated carbocycles. The maximum absolute atomic E-state index is 5.78. The fourth-order valence-corrected chi connectivity index (χ4v) is 1.72. The van der Waals surface area contributed by atoms with Gasteiger partial charge in [0, 0.05) is 18.9 Å². The highest BCUT2D eigenvalue weighted by Gasteiger charge is 2.42. The van der Waals surface area contributed by atoms with Gasteiger partial charge in [-0.15, -0.1) is 0 Å². The highest BCUT2D eigenvalue weighted by molar-refractivity contribution is 4.98. The molecule has 1 heterocycles. The van der Waals surface area contributed by atoms with Crippen LogP contribution in [0.4, 0.5) is 0 Å². The Bertz CT molecular complexity index is 251. The van der Waals surface area contributed by atoms with E-state index in [1.807, 2.05) is 23.1 Å². The van der Waals surface area contributed by atoms with Gasteiger partial charge in [-0.2, -0.15) is 5.10 Å². The first-order valence-electron chi connectivity index (χ1n) is 4.47. The predicted molar refractivity (Wildman–Crippen MR) is 47.7 cm³/mol. The van der Waals surface area contributed by atoms with Gasteiger partial charge in [-0.1, -0.05) is 0 Å². The van der Waals surface area contributed by atoms with Crippen LogP contribution in [0.25, 0.3) is 0 Å². The molecule has 2 N–H and O–H groups in total. The molecule has 0 spiro atoms. The Morgan fingerprint density at radius 2 is 2.42 bits per heavy atom. The average molecular weight is 165 g/mol. The second-order valence-electron chi connectivity index (χ2n) is 3.79. The third-order valence-corrected chi connectivity index (χ3v) is 2.90. The number of aromatic nitrogens is 2. The molecule has 1 unspecified atom stereocenters. The van der Waals surface area contributed by atoms with Crippen molar-refractivity contribution in [2.75, 3.05) is 6.54 Å². The van der Waals surface area contributed by atoms with Crippen LogP contribution in [0.5, 0.6) is 0 Å². The monoisotopic (exact) mass is 165 g/mol. The largest absolute Gasteiger partial charge is 0.328 e. The maximum atomic E-state index is 5.78. The minimum atomic E-state index is 0.0590. The lowest BCUT2D eigenvalue weighted by molar-refractivity contribution is 0.253. The van der Waals surface area contributed by atoms with E-state index >= 15 is 0 Å². The van der Waals surface area contributed by atoms with Crippen molar-refractivity contribution < 1.29 is 0 Å². The van der Waals surface area contributed by atoms with Crippen LogP contribution in [0.2, 0.25) is 0 Å². The van der Waals surface area contributed by atoms with Crippen molar-refractivity contribution in [1.82, 2.24) is 9.78 Å². The number of nitrogens with zero attached hydrogens (tertiary/aromatic N) is 2. The standard InChI is InChI=1S/C9H15N3/c1-9(7-10,8-3-4-8)12-6-2-5-11-12/h2,5-6,8H,3-4,7,10H2,1H3. The Labute approximate surface area is 72.6 Å². The maximum Gasteiger partial charge on any atom is 0.0749 e. The molecule has 1 aliphatic rings. The third-order valence-electron chi connectivity index (χ3n) is 2.90. The molecule has 3 heteroatoms. The first kappa shape index (κ1) is 7.80. The molecule has 1 atom stereocenters. The zero-order valence-electron chi connectivity index (χ0n) is 7.40. The summed E-state index contributed by atoms with van der Waals surface area (Å²) in [6, 6.07) is 1.95. The van der Waals surface area contributed by atoms with E-state index in [0.717, 1.165) is 5.92 Å². The summed E-state index contributed by atoms with van der Waals surface area (Å²) in [4.78, 5) is 0. The Kier molecular flexibility index (Phi) is 1.68. The highest BCUT2D eigenvalue weighted by Crippen LogP contribution is 2.43. The zero-order chi connectivity index (χ0) is 8.60. The zero-order valence-corrected chi connectivity index (χ0v) is 7.40. The lowest BCUT2D eigenvalue weighted by Crippen LogP contribution is -2.40. The van der Waals surface area contributed by atoms with Gasteiger partial charge in [0.25, 0.3) is 0 Å². The molecule has 3 nitrogen and oxygen atoms in total. The summed E-state index contributed by atoms with van der Waals surface area (Å²) in [6.45, 7) is 2.87. The Morgan fingerprint density at radius 3 is 2.83 bits per heavy atom. The van der Waals surface area contributed by atoms with E-state index in [2.05, 4.69) is 12.0 Å².